The number of halogens is 1. The van der Waals surface area contributed by atoms with Crippen molar-refractivity contribution >= 4 is 11.8 Å². The van der Waals surface area contributed by atoms with Gasteiger partial charge in [0.25, 0.3) is 5.91 Å². The van der Waals surface area contributed by atoms with Gasteiger partial charge in [-0.05, 0) is 54.2 Å². The summed E-state index contributed by atoms with van der Waals surface area (Å²) >= 11 is 0. The number of carbonyl (C=O) groups excluding carboxylic acids is 2. The molecule has 0 atom stereocenters. The molecule has 0 unspecified atom stereocenters. The highest BCUT2D eigenvalue weighted by molar-refractivity contribution is 5.94. The van der Waals surface area contributed by atoms with E-state index in [-0.39, 0.29) is 11.8 Å². The van der Waals surface area contributed by atoms with Crippen LogP contribution in [0.5, 0.6) is 0 Å². The van der Waals surface area contributed by atoms with Gasteiger partial charge in [-0.15, -0.1) is 0 Å². The van der Waals surface area contributed by atoms with Crippen LogP contribution in [0.3, 0.4) is 0 Å². The van der Waals surface area contributed by atoms with E-state index in [0.717, 1.165) is 16.7 Å². The summed E-state index contributed by atoms with van der Waals surface area (Å²) in [5.74, 6) is -0.527. The second-order valence-corrected chi connectivity index (χ2v) is 8.98. The second kappa shape index (κ2) is 9.57. The Balaban J connectivity index is 1.60. The molecule has 3 aromatic carbocycles. The standard InChI is InChI=1S/C28H29FN2O2/c1-30(2)27(33)28(20-23-11-6-7-14-25(23)21-9-4-3-5-10-21)15-17-31(18-16-28)26(32)22-12-8-13-24(29)19-22/h3-14,19H,15-18,20H2,1-2H3. The smallest absolute Gasteiger partial charge is 0.253 e. The van der Waals surface area contributed by atoms with Crippen molar-refractivity contribution in [1.82, 2.24) is 9.80 Å². The summed E-state index contributed by atoms with van der Waals surface area (Å²) in [5.41, 5.74) is 3.13. The summed E-state index contributed by atoms with van der Waals surface area (Å²) in [7, 11) is 3.58. The maximum absolute atomic E-state index is 13.6. The largest absolute Gasteiger partial charge is 0.348 e. The average Bonchev–Trinajstić information content (AvgIpc) is 2.84. The van der Waals surface area contributed by atoms with Crippen LogP contribution in [0.25, 0.3) is 11.1 Å². The molecule has 1 aliphatic rings. The van der Waals surface area contributed by atoms with Crippen LogP contribution < -0.4 is 0 Å². The topological polar surface area (TPSA) is 40.6 Å². The van der Waals surface area contributed by atoms with Gasteiger partial charge in [-0.25, -0.2) is 4.39 Å². The van der Waals surface area contributed by atoms with E-state index in [4.69, 9.17) is 0 Å². The Hall–Kier alpha value is -3.47. The number of amides is 2. The van der Waals surface area contributed by atoms with Gasteiger partial charge < -0.3 is 9.80 Å². The molecular weight excluding hydrogens is 415 g/mol. The lowest BCUT2D eigenvalue weighted by Crippen LogP contribution is -2.51. The third-order valence-corrected chi connectivity index (χ3v) is 6.57. The first-order valence-corrected chi connectivity index (χ1v) is 11.3. The van der Waals surface area contributed by atoms with Gasteiger partial charge in [0.1, 0.15) is 5.82 Å². The highest BCUT2D eigenvalue weighted by Gasteiger charge is 2.43. The van der Waals surface area contributed by atoms with Crippen molar-refractivity contribution < 1.29 is 14.0 Å². The van der Waals surface area contributed by atoms with Gasteiger partial charge in [-0.2, -0.15) is 0 Å². The number of likely N-dealkylation sites (tertiary alicyclic amines) is 1. The molecule has 1 aliphatic heterocycles. The number of hydrogen-bond acceptors (Lipinski definition) is 2. The predicted molar refractivity (Wildman–Crippen MR) is 128 cm³/mol. The predicted octanol–water partition coefficient (Wildman–Crippen LogP) is 5.05. The summed E-state index contributed by atoms with van der Waals surface area (Å²) in [6.45, 7) is 0.921. The fraction of sp³-hybridized carbons (Fsp3) is 0.286. The van der Waals surface area contributed by atoms with E-state index in [1.165, 1.54) is 12.1 Å². The molecule has 2 amide bonds. The minimum Gasteiger partial charge on any atom is -0.348 e. The molecule has 4 nitrogen and oxygen atoms in total. The SMILES string of the molecule is CN(C)C(=O)C1(Cc2ccccc2-c2ccccc2)CCN(C(=O)c2cccc(F)c2)CC1. The van der Waals surface area contributed by atoms with Crippen molar-refractivity contribution in [2.45, 2.75) is 19.3 Å². The van der Waals surface area contributed by atoms with Crippen LogP contribution in [-0.2, 0) is 11.2 Å². The van der Waals surface area contributed by atoms with Crippen LogP contribution in [0.2, 0.25) is 0 Å². The fourth-order valence-electron chi connectivity index (χ4n) is 4.82. The summed E-state index contributed by atoms with van der Waals surface area (Å²) in [6, 6.07) is 24.2. The Morgan fingerprint density at radius 1 is 0.909 bits per heavy atom. The molecule has 1 saturated heterocycles. The van der Waals surface area contributed by atoms with Crippen LogP contribution in [0.15, 0.2) is 78.9 Å². The van der Waals surface area contributed by atoms with Gasteiger partial charge in [0.2, 0.25) is 5.91 Å². The zero-order chi connectivity index (χ0) is 23.4. The van der Waals surface area contributed by atoms with Gasteiger partial charge in [-0.1, -0.05) is 60.7 Å². The first-order chi connectivity index (χ1) is 15.9. The molecule has 1 fully saturated rings. The van der Waals surface area contributed by atoms with Crippen LogP contribution in [0.1, 0.15) is 28.8 Å². The van der Waals surface area contributed by atoms with Crippen molar-refractivity contribution in [1.29, 1.82) is 0 Å². The molecule has 0 N–H and O–H groups in total. The lowest BCUT2D eigenvalue weighted by Gasteiger charge is -2.42. The highest BCUT2D eigenvalue weighted by atomic mass is 19.1. The van der Waals surface area contributed by atoms with Crippen LogP contribution in [-0.4, -0.2) is 48.8 Å². The molecule has 4 rings (SSSR count). The third-order valence-electron chi connectivity index (χ3n) is 6.57. The number of carbonyl (C=O) groups is 2. The lowest BCUT2D eigenvalue weighted by atomic mass is 9.71. The molecule has 1 heterocycles. The van der Waals surface area contributed by atoms with Crippen LogP contribution in [0, 0.1) is 11.2 Å². The fourth-order valence-corrected chi connectivity index (χ4v) is 4.82. The van der Waals surface area contributed by atoms with E-state index in [9.17, 15) is 14.0 Å². The molecule has 170 valence electrons. The zero-order valence-corrected chi connectivity index (χ0v) is 19.1. The normalized spacial score (nSPS) is 15.2. The summed E-state index contributed by atoms with van der Waals surface area (Å²) in [4.78, 5) is 29.8. The Labute approximate surface area is 194 Å². The van der Waals surface area contributed by atoms with Crippen molar-refractivity contribution in [3.05, 3.63) is 95.8 Å². The van der Waals surface area contributed by atoms with Gasteiger partial charge >= 0.3 is 0 Å². The zero-order valence-electron chi connectivity index (χ0n) is 19.1. The molecule has 0 spiro atoms. The average molecular weight is 445 g/mol. The maximum Gasteiger partial charge on any atom is 0.253 e. The number of benzene rings is 3. The number of rotatable bonds is 5. The molecule has 5 heteroatoms. The van der Waals surface area contributed by atoms with Crippen molar-refractivity contribution in [2.75, 3.05) is 27.2 Å². The number of hydrogen-bond donors (Lipinski definition) is 0. The van der Waals surface area contributed by atoms with E-state index >= 15 is 0 Å². The van der Waals surface area contributed by atoms with Crippen LogP contribution in [0.4, 0.5) is 4.39 Å². The van der Waals surface area contributed by atoms with E-state index < -0.39 is 11.2 Å². The molecule has 3 aromatic rings. The van der Waals surface area contributed by atoms with Gasteiger partial charge in [0, 0.05) is 32.7 Å². The van der Waals surface area contributed by atoms with Gasteiger partial charge in [0.05, 0.1) is 5.41 Å². The molecule has 0 bridgehead atoms. The molecular formula is C28H29FN2O2. The van der Waals surface area contributed by atoms with E-state index in [1.54, 1.807) is 36.0 Å². The highest BCUT2D eigenvalue weighted by Crippen LogP contribution is 2.39. The van der Waals surface area contributed by atoms with Gasteiger partial charge in [0.15, 0.2) is 0 Å². The van der Waals surface area contributed by atoms with Crippen molar-refractivity contribution in [3.8, 4) is 11.1 Å². The number of piperidine rings is 1. The molecule has 0 aromatic heterocycles. The summed E-state index contributed by atoms with van der Waals surface area (Å²) < 4.78 is 13.6. The van der Waals surface area contributed by atoms with E-state index in [0.29, 0.717) is 37.9 Å². The summed E-state index contributed by atoms with van der Waals surface area (Å²) in [6.07, 6.45) is 1.74. The molecule has 0 radical (unpaired) electrons. The Morgan fingerprint density at radius 3 is 2.24 bits per heavy atom. The minimum absolute atomic E-state index is 0.0863. The first-order valence-electron chi connectivity index (χ1n) is 11.3. The Kier molecular flexibility index (Phi) is 6.59. The molecule has 33 heavy (non-hydrogen) atoms. The third kappa shape index (κ3) is 4.82. The summed E-state index contributed by atoms with van der Waals surface area (Å²) in [5, 5.41) is 0. The monoisotopic (exact) mass is 444 g/mol. The van der Waals surface area contributed by atoms with Gasteiger partial charge in [-0.3, -0.25) is 9.59 Å². The van der Waals surface area contributed by atoms with E-state index in [2.05, 4.69) is 24.3 Å². The van der Waals surface area contributed by atoms with Crippen molar-refractivity contribution in [2.24, 2.45) is 5.41 Å². The van der Waals surface area contributed by atoms with E-state index in [1.807, 2.05) is 30.3 Å². The lowest BCUT2D eigenvalue weighted by molar-refractivity contribution is -0.142. The minimum atomic E-state index is -0.590. The Bertz CT molecular complexity index is 1140. The maximum atomic E-state index is 13.6. The number of nitrogens with zero attached hydrogens (tertiary/aromatic N) is 2. The molecule has 0 aliphatic carbocycles. The van der Waals surface area contributed by atoms with Crippen molar-refractivity contribution in [3.63, 3.8) is 0 Å². The second-order valence-electron chi connectivity index (χ2n) is 8.98. The first kappa shape index (κ1) is 22.7. The Morgan fingerprint density at radius 2 is 1.58 bits per heavy atom. The van der Waals surface area contributed by atoms with Crippen LogP contribution >= 0.6 is 0 Å². The molecule has 0 saturated carbocycles. The quantitative estimate of drug-likeness (QED) is 0.553.